The summed E-state index contributed by atoms with van der Waals surface area (Å²) in [6.45, 7) is 2.09. The van der Waals surface area contributed by atoms with Gasteiger partial charge in [0.1, 0.15) is 0 Å². The quantitative estimate of drug-likeness (QED) is 0.638. The monoisotopic (exact) mass is 201 g/mol. The highest BCUT2D eigenvalue weighted by Gasteiger charge is 2.21. The number of allylic oxidation sites excluding steroid dienone is 1. The van der Waals surface area contributed by atoms with Crippen LogP contribution in [0, 0.1) is 0 Å². The van der Waals surface area contributed by atoms with Gasteiger partial charge in [-0.3, -0.25) is 0 Å². The Morgan fingerprint density at radius 2 is 1.85 bits per heavy atom. The summed E-state index contributed by atoms with van der Waals surface area (Å²) in [4.78, 5) is 2.22. The fraction of sp³-hybridized carbons (Fsp3) is 0.778. The van der Waals surface area contributed by atoms with Crippen LogP contribution in [-0.2, 0) is 9.84 Å². The first-order valence-electron chi connectivity index (χ1n) is 4.86. The Morgan fingerprint density at radius 1 is 1.15 bits per heavy atom. The Morgan fingerprint density at radius 3 is 2.46 bits per heavy atom. The van der Waals surface area contributed by atoms with E-state index in [1.165, 1.54) is 18.2 Å². The van der Waals surface area contributed by atoms with E-state index in [1.54, 1.807) is 0 Å². The Labute approximate surface area is 79.3 Å². The van der Waals surface area contributed by atoms with Crippen molar-refractivity contribution in [3.05, 3.63) is 11.1 Å². The van der Waals surface area contributed by atoms with Gasteiger partial charge in [0.25, 0.3) is 0 Å². The second kappa shape index (κ2) is 3.33. The number of nitrogens with zero attached hydrogens (tertiary/aromatic N) is 1. The highest BCUT2D eigenvalue weighted by Crippen LogP contribution is 2.23. The van der Waals surface area contributed by atoms with Crippen molar-refractivity contribution in [1.82, 2.24) is 4.90 Å². The van der Waals surface area contributed by atoms with Gasteiger partial charge in [-0.15, -0.1) is 0 Å². The molecule has 2 rings (SSSR count). The second-order valence-electron chi connectivity index (χ2n) is 3.77. The summed E-state index contributed by atoms with van der Waals surface area (Å²) in [6.07, 6.45) is 4.15. The minimum atomic E-state index is -2.87. The number of hydrogen-bond acceptors (Lipinski definition) is 3. The van der Waals surface area contributed by atoms with Crippen molar-refractivity contribution in [2.45, 2.75) is 25.7 Å². The van der Waals surface area contributed by atoms with Crippen LogP contribution in [0.15, 0.2) is 11.1 Å². The van der Waals surface area contributed by atoms with E-state index < -0.39 is 9.84 Å². The van der Waals surface area contributed by atoms with E-state index >= 15 is 0 Å². The average molecular weight is 201 g/mol. The minimum absolute atomic E-state index is 0.338. The average Bonchev–Trinajstić information content (AvgIpc) is 2.53. The van der Waals surface area contributed by atoms with Crippen LogP contribution in [0.4, 0.5) is 0 Å². The normalized spacial score (nSPS) is 27.4. The topological polar surface area (TPSA) is 37.4 Å². The third kappa shape index (κ3) is 2.05. The maximum atomic E-state index is 11.3. The molecule has 0 N–H and O–H groups in total. The van der Waals surface area contributed by atoms with E-state index in [0.717, 1.165) is 31.6 Å². The van der Waals surface area contributed by atoms with E-state index in [0.29, 0.717) is 5.75 Å². The molecule has 74 valence electrons. The van der Waals surface area contributed by atoms with Gasteiger partial charge < -0.3 is 4.90 Å². The molecule has 13 heavy (non-hydrogen) atoms. The standard InChI is InChI=1S/C9H15NO2S/c11-13(12)7-3-4-9(8-13)10-5-1-2-6-10/h8H,1-7H2. The predicted octanol–water partition coefficient (Wildman–Crippen LogP) is 1.13. The molecule has 0 saturated carbocycles. The number of hydrogen-bond donors (Lipinski definition) is 0. The van der Waals surface area contributed by atoms with E-state index in [9.17, 15) is 8.42 Å². The lowest BCUT2D eigenvalue weighted by molar-refractivity contribution is 0.405. The summed E-state index contributed by atoms with van der Waals surface area (Å²) in [7, 11) is -2.87. The maximum Gasteiger partial charge on any atom is 0.173 e. The fourth-order valence-electron chi connectivity index (χ4n) is 2.02. The summed E-state index contributed by atoms with van der Waals surface area (Å²) < 4.78 is 22.6. The molecule has 0 amide bonds. The van der Waals surface area contributed by atoms with E-state index in [4.69, 9.17) is 0 Å². The van der Waals surface area contributed by atoms with Gasteiger partial charge in [0, 0.05) is 24.2 Å². The second-order valence-corrected chi connectivity index (χ2v) is 5.74. The van der Waals surface area contributed by atoms with Gasteiger partial charge in [-0.2, -0.15) is 0 Å². The molecule has 0 bridgehead atoms. The molecule has 0 unspecified atom stereocenters. The zero-order chi connectivity index (χ0) is 9.31. The summed E-state index contributed by atoms with van der Waals surface area (Å²) in [5.41, 5.74) is 1.05. The van der Waals surface area contributed by atoms with Gasteiger partial charge in [-0.05, 0) is 25.7 Å². The van der Waals surface area contributed by atoms with Crippen LogP contribution in [0.25, 0.3) is 0 Å². The van der Waals surface area contributed by atoms with Crippen LogP contribution in [-0.4, -0.2) is 32.2 Å². The number of likely N-dealkylation sites (tertiary alicyclic amines) is 1. The van der Waals surface area contributed by atoms with Crippen molar-refractivity contribution < 1.29 is 8.42 Å². The molecule has 0 radical (unpaired) electrons. The van der Waals surface area contributed by atoms with E-state index in [1.807, 2.05) is 0 Å². The van der Waals surface area contributed by atoms with Crippen molar-refractivity contribution in [2.24, 2.45) is 0 Å². The SMILES string of the molecule is O=S1(=O)C=C(N2CCCC2)CCC1. The molecule has 2 aliphatic rings. The van der Waals surface area contributed by atoms with Gasteiger partial charge in [0.2, 0.25) is 0 Å². The molecule has 0 aromatic heterocycles. The molecular weight excluding hydrogens is 186 g/mol. The smallest absolute Gasteiger partial charge is 0.173 e. The highest BCUT2D eigenvalue weighted by atomic mass is 32.2. The van der Waals surface area contributed by atoms with Gasteiger partial charge in [-0.25, -0.2) is 8.42 Å². The Kier molecular flexibility index (Phi) is 2.32. The molecule has 2 heterocycles. The van der Waals surface area contributed by atoms with Gasteiger partial charge in [0.15, 0.2) is 9.84 Å². The summed E-state index contributed by atoms with van der Waals surface area (Å²) in [6, 6.07) is 0. The Hall–Kier alpha value is -0.510. The lowest BCUT2D eigenvalue weighted by Crippen LogP contribution is -2.23. The van der Waals surface area contributed by atoms with Crippen LogP contribution >= 0.6 is 0 Å². The summed E-state index contributed by atoms with van der Waals surface area (Å²) in [5.74, 6) is 0.338. The molecule has 0 aliphatic carbocycles. The molecule has 0 aromatic carbocycles. The van der Waals surface area contributed by atoms with Crippen LogP contribution in [0.2, 0.25) is 0 Å². The van der Waals surface area contributed by atoms with Crippen LogP contribution in [0.3, 0.4) is 0 Å². The predicted molar refractivity (Wildman–Crippen MR) is 51.9 cm³/mol. The molecule has 2 aliphatic heterocycles. The first kappa shape index (κ1) is 9.06. The molecule has 0 spiro atoms. The van der Waals surface area contributed by atoms with Crippen molar-refractivity contribution in [3.8, 4) is 0 Å². The first-order valence-corrected chi connectivity index (χ1v) is 6.57. The first-order chi connectivity index (χ1) is 6.17. The highest BCUT2D eigenvalue weighted by molar-refractivity contribution is 7.94. The molecule has 1 saturated heterocycles. The molecule has 4 heteroatoms. The van der Waals surface area contributed by atoms with Crippen molar-refractivity contribution in [1.29, 1.82) is 0 Å². The van der Waals surface area contributed by atoms with Gasteiger partial charge in [0.05, 0.1) is 5.75 Å². The van der Waals surface area contributed by atoms with Crippen LogP contribution in [0.5, 0.6) is 0 Å². The third-order valence-electron chi connectivity index (χ3n) is 2.69. The van der Waals surface area contributed by atoms with E-state index in [2.05, 4.69) is 4.90 Å². The van der Waals surface area contributed by atoms with Crippen molar-refractivity contribution in [2.75, 3.05) is 18.8 Å². The minimum Gasteiger partial charge on any atom is -0.374 e. The largest absolute Gasteiger partial charge is 0.374 e. The lowest BCUT2D eigenvalue weighted by atomic mass is 10.2. The third-order valence-corrected chi connectivity index (χ3v) is 4.18. The Bertz CT molecular complexity index is 313. The zero-order valence-electron chi connectivity index (χ0n) is 7.70. The lowest BCUT2D eigenvalue weighted by Gasteiger charge is -2.23. The van der Waals surface area contributed by atoms with Crippen molar-refractivity contribution in [3.63, 3.8) is 0 Å². The summed E-state index contributed by atoms with van der Waals surface area (Å²) in [5, 5.41) is 1.49. The maximum absolute atomic E-state index is 11.3. The molecule has 0 aromatic rings. The molecular formula is C9H15NO2S. The zero-order valence-corrected chi connectivity index (χ0v) is 8.52. The van der Waals surface area contributed by atoms with Crippen LogP contribution in [0.1, 0.15) is 25.7 Å². The van der Waals surface area contributed by atoms with Crippen LogP contribution < -0.4 is 0 Å². The fourth-order valence-corrected chi connectivity index (χ4v) is 3.36. The van der Waals surface area contributed by atoms with Crippen molar-refractivity contribution >= 4 is 9.84 Å². The Balaban J connectivity index is 2.18. The van der Waals surface area contributed by atoms with Gasteiger partial charge in [-0.1, -0.05) is 0 Å². The molecule has 1 fully saturated rings. The molecule has 3 nitrogen and oxygen atoms in total. The number of sulfone groups is 1. The molecule has 0 atom stereocenters. The van der Waals surface area contributed by atoms with E-state index in [-0.39, 0.29) is 0 Å². The summed E-state index contributed by atoms with van der Waals surface area (Å²) >= 11 is 0. The number of rotatable bonds is 1. The van der Waals surface area contributed by atoms with Gasteiger partial charge >= 0.3 is 0 Å².